The standard InChI is InChI=1S/C25H34N2O3/c1-6-7-13-26-25(29)21(5)27(16-22-11-9-8-10-12-22)24(28)17-30-23-15-18(2)14-19(3)20(23)4/h8-12,14-15,21H,6-7,13,16-17H2,1-5H3,(H,26,29). The molecule has 0 bridgehead atoms. The molecule has 5 heteroatoms. The van der Waals surface area contributed by atoms with Gasteiger partial charge in [0.2, 0.25) is 5.91 Å². The zero-order valence-corrected chi connectivity index (χ0v) is 18.8. The quantitative estimate of drug-likeness (QED) is 0.593. The SMILES string of the molecule is CCCCNC(=O)C(C)N(Cc1ccccc1)C(=O)COc1cc(C)cc(C)c1C. The predicted octanol–water partition coefficient (Wildman–Crippen LogP) is 4.32. The highest BCUT2D eigenvalue weighted by Crippen LogP contribution is 2.23. The first-order chi connectivity index (χ1) is 14.3. The Morgan fingerprint density at radius 1 is 1.10 bits per heavy atom. The lowest BCUT2D eigenvalue weighted by Crippen LogP contribution is -2.49. The molecular weight excluding hydrogens is 376 g/mol. The van der Waals surface area contributed by atoms with E-state index in [2.05, 4.69) is 18.3 Å². The Hall–Kier alpha value is -2.82. The third-order valence-corrected chi connectivity index (χ3v) is 5.31. The van der Waals surface area contributed by atoms with E-state index < -0.39 is 6.04 Å². The molecule has 0 aliphatic rings. The van der Waals surface area contributed by atoms with Gasteiger partial charge in [0.25, 0.3) is 5.91 Å². The van der Waals surface area contributed by atoms with Gasteiger partial charge < -0.3 is 15.0 Å². The van der Waals surface area contributed by atoms with Crippen LogP contribution >= 0.6 is 0 Å². The Morgan fingerprint density at radius 2 is 1.80 bits per heavy atom. The summed E-state index contributed by atoms with van der Waals surface area (Å²) in [7, 11) is 0. The molecule has 0 aromatic heterocycles. The van der Waals surface area contributed by atoms with Gasteiger partial charge in [0.15, 0.2) is 6.61 Å². The number of aryl methyl sites for hydroxylation is 2. The van der Waals surface area contributed by atoms with E-state index in [9.17, 15) is 9.59 Å². The number of nitrogens with zero attached hydrogens (tertiary/aromatic N) is 1. The summed E-state index contributed by atoms with van der Waals surface area (Å²) in [6, 6.07) is 13.2. The maximum atomic E-state index is 13.1. The fourth-order valence-corrected chi connectivity index (χ4v) is 3.27. The lowest BCUT2D eigenvalue weighted by atomic mass is 10.1. The van der Waals surface area contributed by atoms with Gasteiger partial charge in [0, 0.05) is 13.1 Å². The molecule has 0 saturated carbocycles. The highest BCUT2D eigenvalue weighted by Gasteiger charge is 2.26. The van der Waals surface area contributed by atoms with Crippen LogP contribution in [0.3, 0.4) is 0 Å². The highest BCUT2D eigenvalue weighted by molar-refractivity contribution is 5.88. The third-order valence-electron chi connectivity index (χ3n) is 5.31. The molecule has 30 heavy (non-hydrogen) atoms. The average molecular weight is 411 g/mol. The lowest BCUT2D eigenvalue weighted by molar-refractivity contribution is -0.142. The van der Waals surface area contributed by atoms with Crippen LogP contribution in [-0.2, 0) is 16.1 Å². The molecule has 162 valence electrons. The van der Waals surface area contributed by atoms with Crippen molar-refractivity contribution in [2.45, 2.75) is 60.0 Å². The minimum absolute atomic E-state index is 0.108. The zero-order valence-electron chi connectivity index (χ0n) is 18.8. The number of amides is 2. The summed E-state index contributed by atoms with van der Waals surface area (Å²) < 4.78 is 5.88. The minimum atomic E-state index is -0.585. The summed E-state index contributed by atoms with van der Waals surface area (Å²) in [5, 5.41) is 2.93. The minimum Gasteiger partial charge on any atom is -0.483 e. The van der Waals surface area contributed by atoms with E-state index in [4.69, 9.17) is 4.74 Å². The first-order valence-electron chi connectivity index (χ1n) is 10.6. The normalized spacial score (nSPS) is 11.6. The number of hydrogen-bond donors (Lipinski definition) is 1. The van der Waals surface area contributed by atoms with Crippen LogP contribution in [0.15, 0.2) is 42.5 Å². The van der Waals surface area contributed by atoms with E-state index in [-0.39, 0.29) is 18.4 Å². The summed E-state index contributed by atoms with van der Waals surface area (Å²) in [6.07, 6.45) is 1.92. The first kappa shape index (κ1) is 23.5. The zero-order chi connectivity index (χ0) is 22.1. The molecular formula is C25H34N2O3. The third kappa shape index (κ3) is 6.61. The number of carbonyl (C=O) groups excluding carboxylic acids is 2. The number of carbonyl (C=O) groups is 2. The van der Waals surface area contributed by atoms with Gasteiger partial charge in [0.1, 0.15) is 11.8 Å². The number of ether oxygens (including phenoxy) is 1. The first-order valence-corrected chi connectivity index (χ1v) is 10.6. The largest absolute Gasteiger partial charge is 0.483 e. The van der Waals surface area contributed by atoms with Gasteiger partial charge in [-0.3, -0.25) is 9.59 Å². The van der Waals surface area contributed by atoms with Crippen molar-refractivity contribution in [1.29, 1.82) is 0 Å². The molecule has 2 aromatic carbocycles. The molecule has 1 atom stereocenters. The van der Waals surface area contributed by atoms with Gasteiger partial charge >= 0.3 is 0 Å². The average Bonchev–Trinajstić information content (AvgIpc) is 2.73. The predicted molar refractivity (Wildman–Crippen MR) is 121 cm³/mol. The van der Waals surface area contributed by atoms with Gasteiger partial charge in [-0.15, -0.1) is 0 Å². The monoisotopic (exact) mass is 410 g/mol. The summed E-state index contributed by atoms with van der Waals surface area (Å²) in [4.78, 5) is 27.3. The Kier molecular flexibility index (Phi) is 8.90. The van der Waals surface area contributed by atoms with Crippen molar-refractivity contribution in [1.82, 2.24) is 10.2 Å². The molecule has 1 N–H and O–H groups in total. The molecule has 0 spiro atoms. The molecule has 0 saturated heterocycles. The van der Waals surface area contributed by atoms with Crippen LogP contribution in [0.1, 0.15) is 48.9 Å². The van der Waals surface area contributed by atoms with Crippen molar-refractivity contribution < 1.29 is 14.3 Å². The van der Waals surface area contributed by atoms with Gasteiger partial charge in [-0.2, -0.15) is 0 Å². The van der Waals surface area contributed by atoms with Gasteiger partial charge in [0.05, 0.1) is 0 Å². The molecule has 0 heterocycles. The second-order valence-electron chi connectivity index (χ2n) is 7.82. The summed E-state index contributed by atoms with van der Waals surface area (Å²) in [6.45, 7) is 10.7. The Morgan fingerprint density at radius 3 is 2.47 bits per heavy atom. The number of rotatable bonds is 10. The molecule has 0 aliphatic heterocycles. The van der Waals surface area contributed by atoms with Crippen LogP contribution in [0.25, 0.3) is 0 Å². The van der Waals surface area contributed by atoms with E-state index in [1.807, 2.05) is 57.2 Å². The summed E-state index contributed by atoms with van der Waals surface area (Å²) >= 11 is 0. The molecule has 2 aromatic rings. The fraction of sp³-hybridized carbons (Fsp3) is 0.440. The second kappa shape index (κ2) is 11.4. The van der Waals surface area contributed by atoms with E-state index in [1.54, 1.807) is 11.8 Å². The Labute approximate surface area is 180 Å². The van der Waals surface area contributed by atoms with Crippen LogP contribution in [0, 0.1) is 20.8 Å². The number of unbranched alkanes of at least 4 members (excludes halogenated alkanes) is 1. The van der Waals surface area contributed by atoms with Crippen molar-refractivity contribution in [3.63, 3.8) is 0 Å². The second-order valence-corrected chi connectivity index (χ2v) is 7.82. The molecule has 0 aliphatic carbocycles. The van der Waals surface area contributed by atoms with Crippen LogP contribution < -0.4 is 10.1 Å². The van der Waals surface area contributed by atoms with E-state index >= 15 is 0 Å². The van der Waals surface area contributed by atoms with E-state index in [0.29, 0.717) is 18.8 Å². The molecule has 5 nitrogen and oxygen atoms in total. The maximum absolute atomic E-state index is 13.1. The lowest BCUT2D eigenvalue weighted by Gasteiger charge is -2.29. The van der Waals surface area contributed by atoms with Crippen LogP contribution in [0.4, 0.5) is 0 Å². The van der Waals surface area contributed by atoms with Crippen molar-refractivity contribution in [3.05, 3.63) is 64.7 Å². The molecule has 0 fully saturated rings. The Bertz CT molecular complexity index is 849. The molecule has 1 unspecified atom stereocenters. The van der Waals surface area contributed by atoms with Crippen molar-refractivity contribution in [2.24, 2.45) is 0 Å². The smallest absolute Gasteiger partial charge is 0.261 e. The summed E-state index contributed by atoms with van der Waals surface area (Å²) in [5.74, 6) is 0.353. The fourth-order valence-electron chi connectivity index (χ4n) is 3.27. The van der Waals surface area contributed by atoms with Crippen LogP contribution in [0.5, 0.6) is 5.75 Å². The molecule has 2 rings (SSSR count). The summed E-state index contributed by atoms with van der Waals surface area (Å²) in [5.41, 5.74) is 4.21. The van der Waals surface area contributed by atoms with Gasteiger partial charge in [-0.05, 0) is 62.4 Å². The van der Waals surface area contributed by atoms with Crippen molar-refractivity contribution in [3.8, 4) is 5.75 Å². The van der Waals surface area contributed by atoms with Crippen molar-refractivity contribution in [2.75, 3.05) is 13.2 Å². The van der Waals surface area contributed by atoms with E-state index in [0.717, 1.165) is 35.1 Å². The van der Waals surface area contributed by atoms with Crippen LogP contribution in [-0.4, -0.2) is 35.9 Å². The van der Waals surface area contributed by atoms with Gasteiger partial charge in [-0.1, -0.05) is 49.7 Å². The topological polar surface area (TPSA) is 58.6 Å². The van der Waals surface area contributed by atoms with Crippen molar-refractivity contribution >= 4 is 11.8 Å². The molecule has 2 amide bonds. The number of benzene rings is 2. The van der Waals surface area contributed by atoms with Gasteiger partial charge in [-0.25, -0.2) is 0 Å². The maximum Gasteiger partial charge on any atom is 0.261 e. The highest BCUT2D eigenvalue weighted by atomic mass is 16.5. The molecule has 0 radical (unpaired) electrons. The number of hydrogen-bond acceptors (Lipinski definition) is 3. The number of nitrogens with one attached hydrogen (secondary N) is 1. The van der Waals surface area contributed by atoms with E-state index in [1.165, 1.54) is 0 Å². The Balaban J connectivity index is 2.14. The van der Waals surface area contributed by atoms with Crippen LogP contribution in [0.2, 0.25) is 0 Å².